The summed E-state index contributed by atoms with van der Waals surface area (Å²) >= 11 is 8.63. The van der Waals surface area contributed by atoms with E-state index in [0.717, 1.165) is 43.4 Å². The molecule has 1 aromatic heterocycles. The molecule has 1 aliphatic carbocycles. The van der Waals surface area contributed by atoms with E-state index >= 15 is 0 Å². The van der Waals surface area contributed by atoms with Crippen molar-refractivity contribution in [1.82, 2.24) is 4.57 Å². The van der Waals surface area contributed by atoms with Gasteiger partial charge in [-0.2, -0.15) is 0 Å². The van der Waals surface area contributed by atoms with Crippen LogP contribution in [-0.2, 0) is 6.42 Å². The number of aryl methyl sites for hydroxylation is 2. The summed E-state index contributed by atoms with van der Waals surface area (Å²) in [4.78, 5) is 19.6. The topological polar surface area (TPSA) is 34.4 Å². The van der Waals surface area contributed by atoms with Gasteiger partial charge in [0.25, 0.3) is 5.56 Å². The minimum Gasteiger partial charge on any atom is -0.272 e. The number of allylic oxidation sites excluding steroid dienone is 1. The maximum Gasteiger partial charge on any atom is 0.271 e. The molecule has 1 unspecified atom stereocenters. The first-order chi connectivity index (χ1) is 16.5. The number of hydrogen-bond donors (Lipinski definition) is 0. The van der Waals surface area contributed by atoms with Crippen molar-refractivity contribution in [3.63, 3.8) is 0 Å². The zero-order valence-electron chi connectivity index (χ0n) is 18.4. The van der Waals surface area contributed by atoms with Gasteiger partial charge in [0, 0.05) is 14.5 Å². The molecule has 0 spiro atoms. The van der Waals surface area contributed by atoms with Crippen molar-refractivity contribution in [1.29, 1.82) is 0 Å². The second kappa shape index (κ2) is 8.59. The SMILES string of the molecule is Cc1ccc(C=c2sc3n(c2=O)C(c2ccc(Br)cc2)C2=C(N=3)c3ccccc3CC2)cc1Br. The molecule has 0 bridgehead atoms. The molecular formula is C28H20Br2N2OS. The third-order valence-electron chi connectivity index (χ3n) is 6.55. The molecule has 6 rings (SSSR count). The van der Waals surface area contributed by atoms with Crippen molar-refractivity contribution >= 4 is 55.0 Å². The quantitative estimate of drug-likeness (QED) is 0.275. The number of fused-ring (bicyclic) bond motifs is 3. The normalized spacial score (nSPS) is 17.1. The van der Waals surface area contributed by atoms with Crippen molar-refractivity contribution in [2.24, 2.45) is 4.99 Å². The van der Waals surface area contributed by atoms with Crippen LogP contribution in [0.25, 0.3) is 11.8 Å². The van der Waals surface area contributed by atoms with Crippen molar-refractivity contribution < 1.29 is 0 Å². The maximum absolute atomic E-state index is 13.8. The van der Waals surface area contributed by atoms with Gasteiger partial charge in [-0.3, -0.25) is 9.36 Å². The van der Waals surface area contributed by atoms with Gasteiger partial charge in [0.15, 0.2) is 4.80 Å². The molecule has 34 heavy (non-hydrogen) atoms. The summed E-state index contributed by atoms with van der Waals surface area (Å²) in [6.07, 6.45) is 3.83. The average molecular weight is 592 g/mol. The van der Waals surface area contributed by atoms with Crippen LogP contribution in [-0.4, -0.2) is 4.57 Å². The van der Waals surface area contributed by atoms with Crippen molar-refractivity contribution in [3.05, 3.63) is 129 Å². The first-order valence-corrected chi connectivity index (χ1v) is 13.5. The van der Waals surface area contributed by atoms with E-state index in [0.29, 0.717) is 4.53 Å². The lowest BCUT2D eigenvalue weighted by Crippen LogP contribution is -2.38. The summed E-state index contributed by atoms with van der Waals surface area (Å²) < 4.78 is 4.66. The van der Waals surface area contributed by atoms with Gasteiger partial charge in [-0.1, -0.05) is 91.7 Å². The van der Waals surface area contributed by atoms with Crippen LogP contribution in [0.4, 0.5) is 0 Å². The average Bonchev–Trinajstić information content (AvgIpc) is 3.15. The van der Waals surface area contributed by atoms with E-state index in [1.165, 1.54) is 33.6 Å². The molecule has 2 heterocycles. The predicted octanol–water partition coefficient (Wildman–Crippen LogP) is 6.15. The van der Waals surface area contributed by atoms with E-state index in [1.807, 2.05) is 28.8 Å². The van der Waals surface area contributed by atoms with Gasteiger partial charge in [-0.25, -0.2) is 4.99 Å². The summed E-state index contributed by atoms with van der Waals surface area (Å²) in [5.41, 5.74) is 8.04. The number of aromatic nitrogens is 1. The summed E-state index contributed by atoms with van der Waals surface area (Å²) in [6, 6.07) is 22.8. The molecule has 0 fully saturated rings. The number of rotatable bonds is 2. The maximum atomic E-state index is 13.8. The largest absolute Gasteiger partial charge is 0.272 e. The fourth-order valence-corrected chi connectivity index (χ4v) is 6.48. The van der Waals surface area contributed by atoms with Crippen LogP contribution >= 0.6 is 43.2 Å². The van der Waals surface area contributed by atoms with E-state index in [9.17, 15) is 4.79 Å². The van der Waals surface area contributed by atoms with Crippen LogP contribution in [0.3, 0.4) is 0 Å². The van der Waals surface area contributed by atoms with Gasteiger partial charge in [0.05, 0.1) is 16.3 Å². The highest BCUT2D eigenvalue weighted by molar-refractivity contribution is 9.10. The molecule has 1 aliphatic heterocycles. The van der Waals surface area contributed by atoms with Crippen molar-refractivity contribution in [2.75, 3.05) is 0 Å². The lowest BCUT2D eigenvalue weighted by molar-refractivity contribution is 0.585. The van der Waals surface area contributed by atoms with Crippen LogP contribution in [0.2, 0.25) is 0 Å². The molecule has 0 saturated heterocycles. The Kier molecular flexibility index (Phi) is 5.55. The summed E-state index contributed by atoms with van der Waals surface area (Å²) in [7, 11) is 0. The highest BCUT2D eigenvalue weighted by Gasteiger charge is 2.32. The molecule has 0 amide bonds. The molecule has 6 heteroatoms. The highest BCUT2D eigenvalue weighted by Crippen LogP contribution is 2.41. The lowest BCUT2D eigenvalue weighted by Gasteiger charge is -2.30. The van der Waals surface area contributed by atoms with Crippen LogP contribution in [0.1, 0.15) is 40.3 Å². The lowest BCUT2D eigenvalue weighted by atomic mass is 9.83. The van der Waals surface area contributed by atoms with E-state index in [1.54, 1.807) is 0 Å². The van der Waals surface area contributed by atoms with Crippen molar-refractivity contribution in [2.45, 2.75) is 25.8 Å². The third-order valence-corrected chi connectivity index (χ3v) is 8.92. The van der Waals surface area contributed by atoms with Gasteiger partial charge in [-0.05, 0) is 71.9 Å². The van der Waals surface area contributed by atoms with Crippen LogP contribution in [0.15, 0.2) is 91.0 Å². The molecule has 3 aromatic carbocycles. The molecule has 3 nitrogen and oxygen atoms in total. The minimum atomic E-state index is -0.153. The molecule has 0 N–H and O–H groups in total. The Labute approximate surface area is 218 Å². The van der Waals surface area contributed by atoms with E-state index in [-0.39, 0.29) is 11.6 Å². The van der Waals surface area contributed by atoms with Gasteiger partial charge in [0.2, 0.25) is 0 Å². The van der Waals surface area contributed by atoms with E-state index in [4.69, 9.17) is 4.99 Å². The van der Waals surface area contributed by atoms with Gasteiger partial charge in [-0.15, -0.1) is 0 Å². The predicted molar refractivity (Wildman–Crippen MR) is 146 cm³/mol. The monoisotopic (exact) mass is 590 g/mol. The highest BCUT2D eigenvalue weighted by atomic mass is 79.9. The third kappa shape index (κ3) is 3.69. The number of halogens is 2. The molecule has 0 saturated carbocycles. The summed E-state index contributed by atoms with van der Waals surface area (Å²) in [5.74, 6) is 0. The van der Waals surface area contributed by atoms with Gasteiger partial charge < -0.3 is 0 Å². The van der Waals surface area contributed by atoms with Crippen LogP contribution < -0.4 is 14.9 Å². The number of benzene rings is 3. The van der Waals surface area contributed by atoms with Gasteiger partial charge in [0.1, 0.15) is 0 Å². The van der Waals surface area contributed by atoms with Gasteiger partial charge >= 0.3 is 0 Å². The Morgan fingerprint density at radius 1 is 1.03 bits per heavy atom. The Bertz CT molecular complexity index is 1660. The molecule has 1 atom stereocenters. The Morgan fingerprint density at radius 3 is 2.62 bits per heavy atom. The van der Waals surface area contributed by atoms with E-state index < -0.39 is 0 Å². The number of nitrogens with zero attached hydrogens (tertiary/aromatic N) is 2. The minimum absolute atomic E-state index is 0.0128. The van der Waals surface area contributed by atoms with Crippen molar-refractivity contribution in [3.8, 4) is 0 Å². The fraction of sp³-hybridized carbons (Fsp3) is 0.143. The molecule has 2 aliphatic rings. The summed E-state index contributed by atoms with van der Waals surface area (Å²) in [6.45, 7) is 2.06. The summed E-state index contributed by atoms with van der Waals surface area (Å²) in [5, 5.41) is 0. The van der Waals surface area contributed by atoms with Crippen LogP contribution in [0, 0.1) is 6.92 Å². The first-order valence-electron chi connectivity index (χ1n) is 11.1. The second-order valence-electron chi connectivity index (χ2n) is 8.67. The Hall–Kier alpha value is -2.54. The fourth-order valence-electron chi connectivity index (χ4n) is 4.82. The Balaban J connectivity index is 1.62. The number of hydrogen-bond acceptors (Lipinski definition) is 3. The number of thiazole rings is 1. The molecule has 4 aromatic rings. The first kappa shape index (κ1) is 22.0. The van der Waals surface area contributed by atoms with E-state index in [2.05, 4.69) is 87.3 Å². The zero-order valence-corrected chi connectivity index (χ0v) is 22.4. The standard InChI is InChI=1S/C28H20Br2N2OS/c1-16-6-7-17(14-23(16)30)15-24-27(33)32-26(19-8-11-20(29)12-9-19)22-13-10-18-4-2-3-5-21(18)25(22)31-28(32)34-24/h2-9,11-12,14-15,26H,10,13H2,1H3. The second-order valence-corrected chi connectivity index (χ2v) is 11.5. The molecular weight excluding hydrogens is 572 g/mol. The Morgan fingerprint density at radius 2 is 1.82 bits per heavy atom. The molecule has 168 valence electrons. The van der Waals surface area contributed by atoms with Crippen LogP contribution in [0.5, 0.6) is 0 Å². The zero-order chi connectivity index (χ0) is 23.4. The smallest absolute Gasteiger partial charge is 0.271 e. The molecule has 0 radical (unpaired) electrons.